The molecule has 18 heavy (non-hydrogen) atoms. The number of halogens is 3. The minimum absolute atomic E-state index is 1.36. The molecular weight excluding hydrogens is 291 g/mol. The number of hydrogen-bond acceptors (Lipinski definition) is 6. The fourth-order valence-corrected chi connectivity index (χ4v) is 7.36. The second-order valence-corrected chi connectivity index (χ2v) is 10.1. The SMILES string of the molecule is CN(C)[Si](OS(=O)(=O)C(F)(F)F)(N(C)C)N(C)C. The van der Waals surface area contributed by atoms with Gasteiger partial charge in [0.25, 0.3) is 0 Å². The third kappa shape index (κ3) is 3.22. The van der Waals surface area contributed by atoms with Crippen molar-refractivity contribution in [1.82, 2.24) is 13.7 Å². The molecule has 0 radical (unpaired) electrons. The molecule has 0 aromatic heterocycles. The van der Waals surface area contributed by atoms with Gasteiger partial charge in [0.1, 0.15) is 0 Å². The van der Waals surface area contributed by atoms with Gasteiger partial charge in [-0.1, -0.05) is 0 Å². The first-order chi connectivity index (χ1) is 7.79. The van der Waals surface area contributed by atoms with Gasteiger partial charge in [-0.3, -0.25) is 17.6 Å². The molecule has 6 nitrogen and oxygen atoms in total. The summed E-state index contributed by atoms with van der Waals surface area (Å²) in [6.07, 6.45) is 0. The Labute approximate surface area is 106 Å². The molecule has 0 rings (SSSR count). The van der Waals surface area contributed by atoms with Crippen molar-refractivity contribution in [2.24, 2.45) is 0 Å². The zero-order chi connectivity index (χ0) is 14.9. The number of nitrogens with zero attached hydrogens (tertiary/aromatic N) is 3. The zero-order valence-electron chi connectivity index (χ0n) is 11.1. The van der Waals surface area contributed by atoms with Crippen molar-refractivity contribution < 1.29 is 25.5 Å². The van der Waals surface area contributed by atoms with E-state index in [-0.39, 0.29) is 0 Å². The van der Waals surface area contributed by atoms with Gasteiger partial charge in [0, 0.05) is 0 Å². The fraction of sp³-hybridized carbons (Fsp3) is 1.00. The Kier molecular flexibility index (Phi) is 5.36. The largest absolute Gasteiger partial charge is 0.522 e. The third-order valence-corrected chi connectivity index (χ3v) is 8.09. The standard InChI is InChI=1S/C7H18F3N3O3SSi/c1-11(2)18(12(3)4,13(5)6)16-17(14,15)7(8,9)10/h1-6H3. The summed E-state index contributed by atoms with van der Waals surface area (Å²) < 4.78 is 68.2. The average molecular weight is 309 g/mol. The molecule has 0 aliphatic rings. The first-order valence-corrected chi connectivity index (χ1v) is 7.99. The highest BCUT2D eigenvalue weighted by Crippen LogP contribution is 2.29. The van der Waals surface area contributed by atoms with E-state index in [2.05, 4.69) is 3.87 Å². The van der Waals surface area contributed by atoms with E-state index in [1.807, 2.05) is 0 Å². The maximum atomic E-state index is 12.4. The van der Waals surface area contributed by atoms with E-state index >= 15 is 0 Å². The summed E-state index contributed by atoms with van der Waals surface area (Å²) in [6, 6.07) is 0. The van der Waals surface area contributed by atoms with E-state index in [0.29, 0.717) is 0 Å². The van der Waals surface area contributed by atoms with Crippen molar-refractivity contribution >= 4 is 18.9 Å². The first-order valence-electron chi connectivity index (χ1n) is 4.83. The Morgan fingerprint density at radius 1 is 0.889 bits per heavy atom. The summed E-state index contributed by atoms with van der Waals surface area (Å²) in [5.74, 6) is 0. The van der Waals surface area contributed by atoms with Crippen LogP contribution in [0.15, 0.2) is 0 Å². The van der Waals surface area contributed by atoms with Crippen LogP contribution in [0.2, 0.25) is 0 Å². The number of rotatable bonds is 5. The van der Waals surface area contributed by atoms with Crippen LogP contribution in [0.1, 0.15) is 0 Å². The topological polar surface area (TPSA) is 53.1 Å². The molecule has 0 atom stereocenters. The van der Waals surface area contributed by atoms with Crippen molar-refractivity contribution in [2.45, 2.75) is 5.51 Å². The summed E-state index contributed by atoms with van der Waals surface area (Å²) in [6.45, 7) is 0. The monoisotopic (exact) mass is 309 g/mol. The van der Waals surface area contributed by atoms with Crippen molar-refractivity contribution in [3.8, 4) is 0 Å². The Morgan fingerprint density at radius 3 is 1.33 bits per heavy atom. The van der Waals surface area contributed by atoms with E-state index in [4.69, 9.17) is 0 Å². The molecule has 0 unspecified atom stereocenters. The summed E-state index contributed by atoms with van der Waals surface area (Å²) in [7, 11) is -0.412. The third-order valence-electron chi connectivity index (χ3n) is 2.25. The second-order valence-electron chi connectivity index (χ2n) is 4.24. The summed E-state index contributed by atoms with van der Waals surface area (Å²) >= 11 is 0. The van der Waals surface area contributed by atoms with Crippen LogP contribution in [-0.4, -0.2) is 78.7 Å². The van der Waals surface area contributed by atoms with E-state index in [9.17, 15) is 21.6 Å². The molecule has 110 valence electrons. The molecule has 0 aromatic carbocycles. The molecular formula is C7H18F3N3O3SSi. The van der Waals surface area contributed by atoms with Gasteiger partial charge in [0.2, 0.25) is 0 Å². The lowest BCUT2D eigenvalue weighted by Crippen LogP contribution is -2.72. The number of hydrogen-bond donors (Lipinski definition) is 0. The van der Waals surface area contributed by atoms with Crippen LogP contribution < -0.4 is 0 Å². The van der Waals surface area contributed by atoms with Gasteiger partial charge < -0.3 is 0 Å². The van der Waals surface area contributed by atoms with Gasteiger partial charge in [0.15, 0.2) is 0 Å². The Bertz CT molecular complexity index is 361. The van der Waals surface area contributed by atoms with E-state index in [1.165, 1.54) is 56.0 Å². The normalized spacial score (nSPS) is 14.9. The van der Waals surface area contributed by atoms with E-state index in [0.717, 1.165) is 0 Å². The first kappa shape index (κ1) is 17.8. The van der Waals surface area contributed by atoms with Crippen molar-refractivity contribution in [1.29, 1.82) is 0 Å². The number of alkyl halides is 3. The molecule has 0 N–H and O–H groups in total. The molecule has 0 aliphatic carbocycles. The van der Waals surface area contributed by atoms with Gasteiger partial charge in [-0.05, 0) is 42.3 Å². The smallest absolute Gasteiger partial charge is 0.282 e. The van der Waals surface area contributed by atoms with Crippen LogP contribution in [0, 0.1) is 0 Å². The van der Waals surface area contributed by atoms with Crippen LogP contribution >= 0.6 is 0 Å². The highest BCUT2D eigenvalue weighted by atomic mass is 32.2. The maximum absolute atomic E-state index is 12.4. The molecule has 0 aromatic rings. The molecule has 0 aliphatic heterocycles. The van der Waals surface area contributed by atoms with Gasteiger partial charge in [-0.15, -0.1) is 0 Å². The fourth-order valence-electron chi connectivity index (χ4n) is 1.62. The highest BCUT2D eigenvalue weighted by molar-refractivity contribution is 7.88. The predicted molar refractivity (Wildman–Crippen MR) is 62.9 cm³/mol. The van der Waals surface area contributed by atoms with Crippen LogP contribution in [0.3, 0.4) is 0 Å². The minimum Gasteiger partial charge on any atom is -0.282 e. The highest BCUT2D eigenvalue weighted by Gasteiger charge is 2.57. The molecule has 0 heterocycles. The quantitative estimate of drug-likeness (QED) is 0.525. The second kappa shape index (κ2) is 5.42. The van der Waals surface area contributed by atoms with Crippen LogP contribution in [0.25, 0.3) is 0 Å². The lowest BCUT2D eigenvalue weighted by Gasteiger charge is -2.43. The zero-order valence-corrected chi connectivity index (χ0v) is 12.9. The van der Waals surface area contributed by atoms with Crippen molar-refractivity contribution in [2.75, 3.05) is 42.3 Å². The summed E-state index contributed by atoms with van der Waals surface area (Å²) in [5, 5.41) is 0. The molecule has 11 heteroatoms. The van der Waals surface area contributed by atoms with Gasteiger partial charge in [-0.2, -0.15) is 21.6 Å². The summed E-state index contributed by atoms with van der Waals surface area (Å²) in [5.41, 5.74) is -5.44. The lowest BCUT2D eigenvalue weighted by atomic mass is 11.2. The molecule has 0 saturated heterocycles. The molecule has 0 amide bonds. The average Bonchev–Trinajstić information content (AvgIpc) is 2.10. The van der Waals surface area contributed by atoms with Crippen molar-refractivity contribution in [3.63, 3.8) is 0 Å². The van der Waals surface area contributed by atoms with Crippen LogP contribution in [0.5, 0.6) is 0 Å². The molecule has 0 bridgehead atoms. The van der Waals surface area contributed by atoms with Gasteiger partial charge in [0.05, 0.1) is 0 Å². The van der Waals surface area contributed by atoms with Crippen LogP contribution in [0.4, 0.5) is 13.2 Å². The summed E-state index contributed by atoms with van der Waals surface area (Å²) in [4.78, 5) is 0. The van der Waals surface area contributed by atoms with E-state index in [1.54, 1.807) is 0 Å². The molecule has 0 saturated carbocycles. The van der Waals surface area contributed by atoms with Crippen LogP contribution in [-0.2, 0) is 14.0 Å². The molecule has 0 spiro atoms. The lowest BCUT2D eigenvalue weighted by molar-refractivity contribution is -0.0517. The molecule has 0 fully saturated rings. The van der Waals surface area contributed by atoms with Crippen molar-refractivity contribution in [3.05, 3.63) is 0 Å². The Balaban J connectivity index is 5.68. The maximum Gasteiger partial charge on any atom is 0.522 e. The van der Waals surface area contributed by atoms with Gasteiger partial charge >= 0.3 is 24.4 Å². The van der Waals surface area contributed by atoms with E-state index < -0.39 is 24.4 Å². The Morgan fingerprint density at radius 2 is 1.17 bits per heavy atom. The Hall–Kier alpha value is -0.203. The predicted octanol–water partition coefficient (Wildman–Crippen LogP) is -0.0270. The minimum atomic E-state index is -5.65. The van der Waals surface area contributed by atoms with Gasteiger partial charge in [-0.25, -0.2) is 0 Å².